The molecule has 0 bridgehead atoms. The normalized spacial score (nSPS) is 12.0. The standard InChI is InChI=1S/C15H19N3O4/c1-10-7-11(2)18(17-10)13(14-5-4-6-21-14)8-16-15(20)9-22-12(3)19/h4-7,13H,8-9H2,1-3H3,(H,16,20). The molecule has 1 unspecified atom stereocenters. The Kier molecular flexibility index (Phi) is 4.98. The first-order valence-electron chi connectivity index (χ1n) is 6.93. The van der Waals surface area contributed by atoms with Gasteiger partial charge in [0.25, 0.3) is 5.91 Å². The first kappa shape index (κ1) is 15.8. The van der Waals surface area contributed by atoms with Gasteiger partial charge in [-0.1, -0.05) is 0 Å². The van der Waals surface area contributed by atoms with E-state index in [2.05, 4.69) is 15.2 Å². The second-order valence-corrected chi connectivity index (χ2v) is 4.99. The highest BCUT2D eigenvalue weighted by molar-refractivity contribution is 5.79. The monoisotopic (exact) mass is 305 g/mol. The van der Waals surface area contributed by atoms with E-state index in [1.54, 1.807) is 17.0 Å². The maximum Gasteiger partial charge on any atom is 0.303 e. The van der Waals surface area contributed by atoms with Crippen molar-refractivity contribution in [1.82, 2.24) is 15.1 Å². The van der Waals surface area contributed by atoms with E-state index >= 15 is 0 Å². The molecule has 0 aromatic carbocycles. The van der Waals surface area contributed by atoms with Crippen LogP contribution in [0.3, 0.4) is 0 Å². The molecule has 0 radical (unpaired) electrons. The second-order valence-electron chi connectivity index (χ2n) is 4.99. The van der Waals surface area contributed by atoms with Gasteiger partial charge in [0, 0.05) is 19.2 Å². The van der Waals surface area contributed by atoms with E-state index in [9.17, 15) is 9.59 Å². The van der Waals surface area contributed by atoms with Crippen LogP contribution in [0.4, 0.5) is 0 Å². The quantitative estimate of drug-likeness (QED) is 0.814. The second kappa shape index (κ2) is 6.93. The van der Waals surface area contributed by atoms with E-state index in [1.807, 2.05) is 26.0 Å². The molecule has 0 aliphatic carbocycles. The number of hydrogen-bond acceptors (Lipinski definition) is 5. The molecule has 1 amide bonds. The molecule has 0 saturated heterocycles. The van der Waals surface area contributed by atoms with Crippen molar-refractivity contribution < 1.29 is 18.7 Å². The largest absolute Gasteiger partial charge is 0.467 e. The summed E-state index contributed by atoms with van der Waals surface area (Å²) in [6.45, 7) is 5.10. The lowest BCUT2D eigenvalue weighted by atomic mass is 10.2. The van der Waals surface area contributed by atoms with Crippen molar-refractivity contribution in [1.29, 1.82) is 0 Å². The summed E-state index contributed by atoms with van der Waals surface area (Å²) in [7, 11) is 0. The molecule has 1 atom stereocenters. The average molecular weight is 305 g/mol. The Bertz CT molecular complexity index is 646. The van der Waals surface area contributed by atoms with Crippen molar-refractivity contribution in [3.8, 4) is 0 Å². The van der Waals surface area contributed by atoms with Gasteiger partial charge in [-0.3, -0.25) is 14.3 Å². The maximum absolute atomic E-state index is 11.7. The fourth-order valence-electron chi connectivity index (χ4n) is 2.18. The lowest BCUT2D eigenvalue weighted by Crippen LogP contribution is -2.34. The van der Waals surface area contributed by atoms with Crippen LogP contribution in [-0.4, -0.2) is 34.8 Å². The summed E-state index contributed by atoms with van der Waals surface area (Å²) in [6.07, 6.45) is 1.58. The van der Waals surface area contributed by atoms with Crippen LogP contribution < -0.4 is 5.32 Å². The number of aromatic nitrogens is 2. The van der Waals surface area contributed by atoms with Crippen LogP contribution >= 0.6 is 0 Å². The fraction of sp³-hybridized carbons (Fsp3) is 0.400. The van der Waals surface area contributed by atoms with Gasteiger partial charge in [0.1, 0.15) is 11.8 Å². The van der Waals surface area contributed by atoms with Gasteiger partial charge in [0.15, 0.2) is 6.61 Å². The molecule has 118 valence electrons. The summed E-state index contributed by atoms with van der Waals surface area (Å²) in [5, 5.41) is 7.16. The number of amides is 1. The van der Waals surface area contributed by atoms with Crippen molar-refractivity contribution in [2.45, 2.75) is 26.8 Å². The molecule has 2 rings (SSSR count). The number of nitrogens with zero attached hydrogens (tertiary/aromatic N) is 2. The van der Waals surface area contributed by atoms with E-state index in [0.717, 1.165) is 11.4 Å². The fourth-order valence-corrected chi connectivity index (χ4v) is 2.18. The molecular formula is C15H19N3O4. The molecule has 7 heteroatoms. The number of ether oxygens (including phenoxy) is 1. The van der Waals surface area contributed by atoms with E-state index in [1.165, 1.54) is 6.92 Å². The Hall–Kier alpha value is -2.57. The lowest BCUT2D eigenvalue weighted by molar-refractivity contribution is -0.146. The van der Waals surface area contributed by atoms with Crippen LogP contribution in [0, 0.1) is 13.8 Å². The van der Waals surface area contributed by atoms with E-state index in [-0.39, 0.29) is 25.1 Å². The molecule has 2 heterocycles. The van der Waals surface area contributed by atoms with Gasteiger partial charge < -0.3 is 14.5 Å². The minimum Gasteiger partial charge on any atom is -0.467 e. The number of hydrogen-bond donors (Lipinski definition) is 1. The van der Waals surface area contributed by atoms with Gasteiger partial charge in [-0.15, -0.1) is 0 Å². The summed E-state index contributed by atoms with van der Waals surface area (Å²) < 4.78 is 11.9. The van der Waals surface area contributed by atoms with Gasteiger partial charge in [-0.05, 0) is 32.0 Å². The number of furan rings is 1. The molecule has 7 nitrogen and oxygen atoms in total. The van der Waals surface area contributed by atoms with Crippen LogP contribution in [-0.2, 0) is 14.3 Å². The molecule has 2 aromatic heterocycles. The number of aryl methyl sites for hydroxylation is 2. The van der Waals surface area contributed by atoms with Gasteiger partial charge in [-0.2, -0.15) is 5.10 Å². The summed E-state index contributed by atoms with van der Waals surface area (Å²) in [5.74, 6) is -0.163. The number of nitrogens with one attached hydrogen (secondary N) is 1. The predicted octanol–water partition coefficient (Wildman–Crippen LogP) is 1.36. The predicted molar refractivity (Wildman–Crippen MR) is 78.2 cm³/mol. The molecule has 22 heavy (non-hydrogen) atoms. The average Bonchev–Trinajstić information content (AvgIpc) is 3.07. The van der Waals surface area contributed by atoms with Gasteiger partial charge in [0.05, 0.1) is 12.0 Å². The van der Waals surface area contributed by atoms with Crippen molar-refractivity contribution >= 4 is 11.9 Å². The number of esters is 1. The van der Waals surface area contributed by atoms with Crippen molar-refractivity contribution in [3.05, 3.63) is 41.6 Å². The summed E-state index contributed by atoms with van der Waals surface area (Å²) >= 11 is 0. The van der Waals surface area contributed by atoms with Crippen LogP contribution in [0.5, 0.6) is 0 Å². The zero-order valence-corrected chi connectivity index (χ0v) is 12.8. The van der Waals surface area contributed by atoms with Crippen LogP contribution in [0.25, 0.3) is 0 Å². The highest BCUT2D eigenvalue weighted by Crippen LogP contribution is 2.20. The summed E-state index contributed by atoms with van der Waals surface area (Å²) in [4.78, 5) is 22.4. The third-order valence-electron chi connectivity index (χ3n) is 3.11. The molecule has 2 aromatic rings. The Morgan fingerprint density at radius 1 is 1.45 bits per heavy atom. The Morgan fingerprint density at radius 3 is 2.77 bits per heavy atom. The van der Waals surface area contributed by atoms with Gasteiger partial charge in [-0.25, -0.2) is 0 Å². The third kappa shape index (κ3) is 3.97. The van der Waals surface area contributed by atoms with E-state index in [0.29, 0.717) is 5.76 Å². The molecular weight excluding hydrogens is 286 g/mol. The SMILES string of the molecule is CC(=O)OCC(=O)NCC(c1ccco1)n1nc(C)cc1C. The summed E-state index contributed by atoms with van der Waals surface area (Å²) in [6, 6.07) is 5.31. The zero-order valence-electron chi connectivity index (χ0n) is 12.8. The van der Waals surface area contributed by atoms with Crippen LogP contribution in [0.1, 0.15) is 30.1 Å². The van der Waals surface area contributed by atoms with Crippen LogP contribution in [0.2, 0.25) is 0 Å². The molecule has 1 N–H and O–H groups in total. The molecule has 0 saturated carbocycles. The van der Waals surface area contributed by atoms with Gasteiger partial charge >= 0.3 is 5.97 Å². The van der Waals surface area contributed by atoms with E-state index < -0.39 is 5.97 Å². The van der Waals surface area contributed by atoms with Gasteiger partial charge in [0.2, 0.25) is 0 Å². The van der Waals surface area contributed by atoms with Crippen molar-refractivity contribution in [3.63, 3.8) is 0 Å². The number of carbonyl (C=O) groups is 2. The topological polar surface area (TPSA) is 86.4 Å². The Balaban J connectivity index is 2.08. The Morgan fingerprint density at radius 2 is 2.23 bits per heavy atom. The van der Waals surface area contributed by atoms with Crippen molar-refractivity contribution in [2.24, 2.45) is 0 Å². The minimum absolute atomic E-state index is 0.259. The third-order valence-corrected chi connectivity index (χ3v) is 3.11. The molecule has 0 aliphatic rings. The Labute approximate surface area is 128 Å². The summed E-state index contributed by atoms with van der Waals surface area (Å²) in [5.41, 5.74) is 1.86. The molecule has 0 aliphatic heterocycles. The first-order chi connectivity index (χ1) is 10.5. The highest BCUT2D eigenvalue weighted by atomic mass is 16.5. The minimum atomic E-state index is -0.490. The smallest absolute Gasteiger partial charge is 0.303 e. The molecule has 0 spiro atoms. The highest BCUT2D eigenvalue weighted by Gasteiger charge is 2.20. The first-order valence-corrected chi connectivity index (χ1v) is 6.93. The maximum atomic E-state index is 11.7. The van der Waals surface area contributed by atoms with E-state index in [4.69, 9.17) is 4.42 Å². The van der Waals surface area contributed by atoms with Crippen molar-refractivity contribution in [2.75, 3.05) is 13.2 Å². The number of rotatable bonds is 6. The molecule has 0 fully saturated rings. The number of carbonyl (C=O) groups excluding carboxylic acids is 2. The lowest BCUT2D eigenvalue weighted by Gasteiger charge is -2.18. The zero-order chi connectivity index (χ0) is 16.1. The van der Waals surface area contributed by atoms with Crippen LogP contribution in [0.15, 0.2) is 28.9 Å².